The molecule has 0 aliphatic carbocycles. The molecule has 2 heterocycles. The fourth-order valence-electron chi connectivity index (χ4n) is 3.67. The second-order valence-corrected chi connectivity index (χ2v) is 8.78. The molecule has 0 unspecified atom stereocenters. The van der Waals surface area contributed by atoms with Crippen molar-refractivity contribution in [2.75, 3.05) is 6.54 Å². The Balaban J connectivity index is 1.53. The minimum atomic E-state index is 0.205. The molecule has 2 aromatic carbocycles. The van der Waals surface area contributed by atoms with E-state index in [9.17, 15) is 0 Å². The van der Waals surface area contributed by atoms with Gasteiger partial charge in [-0.2, -0.15) is 0 Å². The zero-order valence-electron chi connectivity index (χ0n) is 15.7. The van der Waals surface area contributed by atoms with Gasteiger partial charge in [-0.25, -0.2) is 0 Å². The van der Waals surface area contributed by atoms with Crippen molar-refractivity contribution in [1.82, 2.24) is 9.88 Å². The summed E-state index contributed by atoms with van der Waals surface area (Å²) in [4.78, 5) is 7.36. The third kappa shape index (κ3) is 3.62. The average Bonchev–Trinajstić information content (AvgIpc) is 2.59. The Hall–Kier alpha value is -1.90. The molecule has 0 atom stereocenters. The number of hydrogen-bond acceptors (Lipinski definition) is 2. The van der Waals surface area contributed by atoms with Gasteiger partial charge < -0.3 is 0 Å². The van der Waals surface area contributed by atoms with E-state index in [4.69, 9.17) is 16.6 Å². The third-order valence-electron chi connectivity index (χ3n) is 5.23. The average molecular weight is 365 g/mol. The molecule has 0 amide bonds. The zero-order valence-corrected chi connectivity index (χ0v) is 16.5. The number of hydrogen-bond donors (Lipinski definition) is 0. The third-order valence-corrected chi connectivity index (χ3v) is 5.47. The Labute approximate surface area is 160 Å². The lowest BCUT2D eigenvalue weighted by Crippen LogP contribution is -2.30. The largest absolute Gasteiger partial charge is 0.294 e. The Kier molecular flexibility index (Phi) is 4.50. The van der Waals surface area contributed by atoms with Crippen molar-refractivity contribution in [3.63, 3.8) is 0 Å². The van der Waals surface area contributed by atoms with Crippen molar-refractivity contribution in [1.29, 1.82) is 0 Å². The van der Waals surface area contributed by atoms with E-state index < -0.39 is 0 Å². The highest BCUT2D eigenvalue weighted by atomic mass is 35.5. The van der Waals surface area contributed by atoms with Crippen molar-refractivity contribution in [2.24, 2.45) is 0 Å². The van der Waals surface area contributed by atoms with Gasteiger partial charge in [0.2, 0.25) is 0 Å². The van der Waals surface area contributed by atoms with Gasteiger partial charge >= 0.3 is 0 Å². The second-order valence-electron chi connectivity index (χ2n) is 8.34. The molecule has 0 fully saturated rings. The molecule has 0 spiro atoms. The summed E-state index contributed by atoms with van der Waals surface area (Å²) in [6.45, 7) is 9.76. The van der Waals surface area contributed by atoms with Crippen LogP contribution in [0.5, 0.6) is 0 Å². The van der Waals surface area contributed by atoms with Crippen LogP contribution in [0.15, 0.2) is 48.5 Å². The van der Waals surface area contributed by atoms with Crippen molar-refractivity contribution < 1.29 is 0 Å². The Bertz CT molecular complexity index is 939. The molecular formula is C23H25ClN2. The first-order valence-electron chi connectivity index (χ1n) is 9.28. The molecule has 134 valence electrons. The van der Waals surface area contributed by atoms with Gasteiger partial charge in [0, 0.05) is 42.2 Å². The van der Waals surface area contributed by atoms with Gasteiger partial charge in [0.05, 0.1) is 5.52 Å². The van der Waals surface area contributed by atoms with E-state index in [0.29, 0.717) is 0 Å². The number of pyridine rings is 1. The highest BCUT2D eigenvalue weighted by molar-refractivity contribution is 6.31. The minimum absolute atomic E-state index is 0.205. The Morgan fingerprint density at radius 3 is 2.54 bits per heavy atom. The van der Waals surface area contributed by atoms with Crippen LogP contribution in [-0.4, -0.2) is 16.4 Å². The lowest BCUT2D eigenvalue weighted by atomic mass is 9.86. The summed E-state index contributed by atoms with van der Waals surface area (Å²) in [6.07, 6.45) is 1.01. The Morgan fingerprint density at radius 2 is 1.81 bits per heavy atom. The molecule has 0 saturated carbocycles. The molecular weight excluding hydrogens is 340 g/mol. The number of rotatable bonds is 2. The first-order valence-corrected chi connectivity index (χ1v) is 9.66. The molecule has 0 saturated heterocycles. The number of halogens is 1. The molecule has 0 bridgehead atoms. The van der Waals surface area contributed by atoms with Gasteiger partial charge in [-0.1, -0.05) is 56.6 Å². The van der Waals surface area contributed by atoms with Crippen molar-refractivity contribution >= 4 is 22.5 Å². The van der Waals surface area contributed by atoms with Gasteiger partial charge in [-0.3, -0.25) is 9.88 Å². The molecule has 0 N–H and O–H groups in total. The first-order chi connectivity index (χ1) is 12.4. The van der Waals surface area contributed by atoms with E-state index in [1.165, 1.54) is 22.4 Å². The van der Waals surface area contributed by atoms with E-state index in [1.54, 1.807) is 0 Å². The van der Waals surface area contributed by atoms with E-state index in [-0.39, 0.29) is 5.41 Å². The van der Waals surface area contributed by atoms with Crippen LogP contribution in [-0.2, 0) is 24.9 Å². The zero-order chi connectivity index (χ0) is 18.3. The highest BCUT2D eigenvalue weighted by Gasteiger charge is 2.19. The standard InChI is InChI=1S/C23H25ClN2/c1-23(2,3)19-6-4-16(5-7-19)14-26-11-10-22-18(15-26)12-17-13-20(24)8-9-21(17)25-22/h4-9,12-13H,10-11,14-15H2,1-3H3. The van der Waals surface area contributed by atoms with Crippen LogP contribution >= 0.6 is 11.6 Å². The molecule has 2 nitrogen and oxygen atoms in total. The van der Waals surface area contributed by atoms with Gasteiger partial charge in [0.15, 0.2) is 0 Å². The van der Waals surface area contributed by atoms with Crippen LogP contribution < -0.4 is 0 Å². The van der Waals surface area contributed by atoms with Crippen LogP contribution in [0.2, 0.25) is 5.02 Å². The van der Waals surface area contributed by atoms with Crippen LogP contribution in [0.25, 0.3) is 10.9 Å². The normalized spacial score (nSPS) is 15.2. The molecule has 26 heavy (non-hydrogen) atoms. The summed E-state index contributed by atoms with van der Waals surface area (Å²) in [7, 11) is 0. The van der Waals surface area contributed by atoms with Crippen LogP contribution in [0.4, 0.5) is 0 Å². The summed E-state index contributed by atoms with van der Waals surface area (Å²) in [5, 5.41) is 1.90. The molecule has 4 rings (SSSR count). The lowest BCUT2D eigenvalue weighted by molar-refractivity contribution is 0.244. The van der Waals surface area contributed by atoms with Crippen LogP contribution in [0.1, 0.15) is 43.2 Å². The predicted octanol–water partition coefficient (Wildman–Crippen LogP) is 5.74. The fraction of sp³-hybridized carbons (Fsp3) is 0.348. The van der Waals surface area contributed by atoms with E-state index >= 15 is 0 Å². The van der Waals surface area contributed by atoms with Crippen molar-refractivity contribution in [2.45, 2.75) is 45.7 Å². The van der Waals surface area contributed by atoms with Crippen molar-refractivity contribution in [3.8, 4) is 0 Å². The van der Waals surface area contributed by atoms with Crippen molar-refractivity contribution in [3.05, 3.63) is 75.9 Å². The maximum Gasteiger partial charge on any atom is 0.0706 e. The van der Waals surface area contributed by atoms with Gasteiger partial charge in [-0.15, -0.1) is 0 Å². The SMILES string of the molecule is CC(C)(C)c1ccc(CN2CCc3nc4ccc(Cl)cc4cc3C2)cc1. The van der Waals surface area contributed by atoms with E-state index in [2.05, 4.69) is 56.0 Å². The molecule has 1 aliphatic heterocycles. The molecule has 0 radical (unpaired) electrons. The Morgan fingerprint density at radius 1 is 1.04 bits per heavy atom. The number of aromatic nitrogens is 1. The summed E-state index contributed by atoms with van der Waals surface area (Å²) in [5.41, 5.74) is 6.57. The number of nitrogens with zero attached hydrogens (tertiary/aromatic N) is 2. The second kappa shape index (κ2) is 6.68. The quantitative estimate of drug-likeness (QED) is 0.576. The monoisotopic (exact) mass is 364 g/mol. The molecule has 1 aromatic heterocycles. The summed E-state index contributed by atoms with van der Waals surface area (Å²) >= 11 is 6.14. The number of benzene rings is 2. The highest BCUT2D eigenvalue weighted by Crippen LogP contribution is 2.26. The van der Waals surface area contributed by atoms with E-state index in [0.717, 1.165) is 42.0 Å². The van der Waals surface area contributed by atoms with E-state index in [1.807, 2.05) is 18.2 Å². The maximum absolute atomic E-state index is 6.14. The molecule has 1 aliphatic rings. The lowest BCUT2D eigenvalue weighted by Gasteiger charge is -2.28. The summed E-state index contributed by atoms with van der Waals surface area (Å²) < 4.78 is 0. The molecule has 3 aromatic rings. The minimum Gasteiger partial charge on any atom is -0.294 e. The maximum atomic E-state index is 6.14. The smallest absolute Gasteiger partial charge is 0.0706 e. The summed E-state index contributed by atoms with van der Waals surface area (Å²) in [5.74, 6) is 0. The van der Waals surface area contributed by atoms with Crippen LogP contribution in [0, 0.1) is 0 Å². The summed E-state index contributed by atoms with van der Waals surface area (Å²) in [6, 6.07) is 17.3. The van der Waals surface area contributed by atoms with Gasteiger partial charge in [-0.05, 0) is 46.4 Å². The fourth-order valence-corrected chi connectivity index (χ4v) is 3.85. The predicted molar refractivity (Wildman–Crippen MR) is 110 cm³/mol. The van der Waals surface area contributed by atoms with Gasteiger partial charge in [0.1, 0.15) is 0 Å². The topological polar surface area (TPSA) is 16.1 Å². The first kappa shape index (κ1) is 17.5. The van der Waals surface area contributed by atoms with Crippen LogP contribution in [0.3, 0.4) is 0 Å². The van der Waals surface area contributed by atoms with Gasteiger partial charge in [0.25, 0.3) is 0 Å². The number of fused-ring (bicyclic) bond motifs is 2. The molecule has 3 heteroatoms.